The second kappa shape index (κ2) is 7.20. The van der Waals surface area contributed by atoms with E-state index < -0.39 is 17.0 Å². The maximum atomic E-state index is 10.6. The third-order valence-corrected chi connectivity index (χ3v) is 2.19. The molecule has 1 unspecified atom stereocenters. The molecule has 8 nitrogen and oxygen atoms in total. The maximum absolute atomic E-state index is 10.6. The van der Waals surface area contributed by atoms with Gasteiger partial charge in [-0.15, -0.1) is 0 Å². The number of nitro groups is 1. The van der Waals surface area contributed by atoms with Gasteiger partial charge in [0.2, 0.25) is 6.04 Å². The average molecular weight is 244 g/mol. The Bertz CT molecular complexity index is 351. The number of urea groups is 1. The average Bonchev–Trinajstić information content (AvgIpc) is 2.28. The Kier molecular flexibility index (Phi) is 6.30. The number of oxime groups is 1. The molecule has 17 heavy (non-hydrogen) atoms. The molecule has 0 aromatic heterocycles. The Balaban J connectivity index is 4.79. The summed E-state index contributed by atoms with van der Waals surface area (Å²) in [5, 5.41) is 24.5. The predicted molar refractivity (Wildman–Crippen MR) is 61.6 cm³/mol. The van der Waals surface area contributed by atoms with Crippen LogP contribution in [0, 0.1) is 10.1 Å². The van der Waals surface area contributed by atoms with Crippen LogP contribution in [-0.4, -0.2) is 34.5 Å². The van der Waals surface area contributed by atoms with Crippen molar-refractivity contribution in [3.8, 4) is 0 Å². The van der Waals surface area contributed by atoms with Gasteiger partial charge in [0.15, 0.2) is 0 Å². The summed E-state index contributed by atoms with van der Waals surface area (Å²) < 4.78 is 0. The first-order chi connectivity index (χ1) is 7.92. The van der Waals surface area contributed by atoms with E-state index in [1.807, 2.05) is 0 Å². The van der Waals surface area contributed by atoms with Crippen LogP contribution in [0.2, 0.25) is 0 Å². The lowest BCUT2D eigenvalue weighted by atomic mass is 10.0. The highest BCUT2D eigenvalue weighted by Gasteiger charge is 2.18. The molecule has 0 aliphatic heterocycles. The molecule has 0 heterocycles. The summed E-state index contributed by atoms with van der Waals surface area (Å²) in [6, 6.07) is -1.63. The molecule has 0 aliphatic carbocycles. The topological polar surface area (TPSA) is 131 Å². The molecule has 8 heteroatoms. The van der Waals surface area contributed by atoms with Crippen molar-refractivity contribution in [3.63, 3.8) is 0 Å². The molecule has 4 N–H and O–H groups in total. The van der Waals surface area contributed by atoms with Gasteiger partial charge in [-0.1, -0.05) is 12.1 Å². The molecule has 0 aromatic carbocycles. The number of primary amides is 1. The number of nitrogens with two attached hydrogens (primary N) is 1. The van der Waals surface area contributed by atoms with E-state index in [0.29, 0.717) is 12.0 Å². The summed E-state index contributed by atoms with van der Waals surface area (Å²) in [5.74, 6) is 0. The van der Waals surface area contributed by atoms with Gasteiger partial charge in [0.05, 0.1) is 12.3 Å². The van der Waals surface area contributed by atoms with Gasteiger partial charge in [-0.05, 0) is 12.5 Å². The molecule has 0 aliphatic rings. The van der Waals surface area contributed by atoms with Crippen LogP contribution >= 0.6 is 0 Å². The zero-order valence-electron chi connectivity index (χ0n) is 9.71. The Morgan fingerprint density at radius 1 is 1.71 bits per heavy atom. The van der Waals surface area contributed by atoms with E-state index in [9.17, 15) is 14.9 Å². The third-order valence-electron chi connectivity index (χ3n) is 2.19. The lowest BCUT2D eigenvalue weighted by molar-refractivity contribution is -0.507. The standard InChI is InChI=1S/C9H16N4O4/c1-3-7(6(2)13(16)17)4-8(12-15)5-11-9(10)14/h4,6,15H,3,5H2,1-2H3,(H3,10,11,14). The number of amides is 2. The number of nitrogens with zero attached hydrogens (tertiary/aromatic N) is 2. The smallest absolute Gasteiger partial charge is 0.312 e. The van der Waals surface area contributed by atoms with Crippen LogP contribution in [-0.2, 0) is 0 Å². The Morgan fingerprint density at radius 2 is 2.29 bits per heavy atom. The maximum Gasteiger partial charge on any atom is 0.312 e. The van der Waals surface area contributed by atoms with Gasteiger partial charge >= 0.3 is 6.03 Å². The van der Waals surface area contributed by atoms with Crippen LogP contribution in [0.3, 0.4) is 0 Å². The zero-order valence-corrected chi connectivity index (χ0v) is 9.71. The van der Waals surface area contributed by atoms with Crippen LogP contribution in [0.4, 0.5) is 4.79 Å². The number of carbonyl (C=O) groups excluding carboxylic acids is 1. The molecule has 0 rings (SSSR count). The molecule has 2 amide bonds. The van der Waals surface area contributed by atoms with Crippen LogP contribution in [0.15, 0.2) is 16.8 Å². The number of nitrogens with one attached hydrogen (secondary N) is 1. The van der Waals surface area contributed by atoms with Crippen molar-refractivity contribution in [3.05, 3.63) is 21.8 Å². The number of hydrogen-bond donors (Lipinski definition) is 3. The summed E-state index contributed by atoms with van der Waals surface area (Å²) in [5.41, 5.74) is 5.45. The quantitative estimate of drug-likeness (QED) is 0.271. The fourth-order valence-corrected chi connectivity index (χ4v) is 1.16. The molecule has 0 saturated carbocycles. The Morgan fingerprint density at radius 3 is 2.65 bits per heavy atom. The fraction of sp³-hybridized carbons (Fsp3) is 0.556. The summed E-state index contributed by atoms with van der Waals surface area (Å²) in [6.07, 6.45) is 1.82. The monoisotopic (exact) mass is 244 g/mol. The first-order valence-corrected chi connectivity index (χ1v) is 5.00. The molecule has 0 aromatic rings. The minimum Gasteiger partial charge on any atom is -0.411 e. The van der Waals surface area contributed by atoms with Crippen LogP contribution in [0.25, 0.3) is 0 Å². The number of hydrogen-bond acceptors (Lipinski definition) is 5. The summed E-state index contributed by atoms with van der Waals surface area (Å²) in [7, 11) is 0. The molecular formula is C9H16N4O4. The van der Waals surface area contributed by atoms with E-state index >= 15 is 0 Å². The van der Waals surface area contributed by atoms with Gasteiger partial charge in [0.1, 0.15) is 0 Å². The lowest BCUT2D eigenvalue weighted by Gasteiger charge is -2.08. The molecule has 96 valence electrons. The van der Waals surface area contributed by atoms with E-state index in [1.54, 1.807) is 6.92 Å². The van der Waals surface area contributed by atoms with E-state index in [-0.39, 0.29) is 12.3 Å². The fourth-order valence-electron chi connectivity index (χ4n) is 1.16. The van der Waals surface area contributed by atoms with E-state index in [0.717, 1.165) is 0 Å². The van der Waals surface area contributed by atoms with Gasteiger partial charge in [-0.3, -0.25) is 10.1 Å². The molecule has 0 fully saturated rings. The van der Waals surface area contributed by atoms with Crippen LogP contribution in [0.5, 0.6) is 0 Å². The SMILES string of the molecule is CCC(=CC(CNC(N)=O)=NO)C(C)[N+](=O)[O-]. The van der Waals surface area contributed by atoms with Gasteiger partial charge in [0, 0.05) is 17.4 Å². The van der Waals surface area contributed by atoms with E-state index in [2.05, 4.69) is 10.5 Å². The molecule has 0 radical (unpaired) electrons. The first-order valence-electron chi connectivity index (χ1n) is 5.00. The summed E-state index contributed by atoms with van der Waals surface area (Å²) in [4.78, 5) is 20.6. The van der Waals surface area contributed by atoms with Crippen LogP contribution in [0.1, 0.15) is 20.3 Å². The van der Waals surface area contributed by atoms with Crippen molar-refractivity contribution in [2.75, 3.05) is 6.54 Å². The van der Waals surface area contributed by atoms with Crippen molar-refractivity contribution in [1.82, 2.24) is 5.32 Å². The van der Waals surface area contributed by atoms with Crippen molar-refractivity contribution in [2.45, 2.75) is 26.3 Å². The highest BCUT2D eigenvalue weighted by Crippen LogP contribution is 2.10. The molecule has 0 bridgehead atoms. The number of carbonyl (C=O) groups is 1. The van der Waals surface area contributed by atoms with Crippen molar-refractivity contribution in [1.29, 1.82) is 0 Å². The van der Waals surface area contributed by atoms with Gasteiger partial charge in [0.25, 0.3) is 0 Å². The number of rotatable bonds is 6. The second-order valence-corrected chi connectivity index (χ2v) is 3.34. The summed E-state index contributed by atoms with van der Waals surface area (Å²) in [6.45, 7) is 3.11. The Hall–Kier alpha value is -2.12. The van der Waals surface area contributed by atoms with Crippen molar-refractivity contribution < 1.29 is 14.9 Å². The van der Waals surface area contributed by atoms with Crippen molar-refractivity contribution in [2.24, 2.45) is 10.9 Å². The van der Waals surface area contributed by atoms with Gasteiger partial charge in [-0.2, -0.15) is 0 Å². The minimum atomic E-state index is -0.870. The van der Waals surface area contributed by atoms with Crippen molar-refractivity contribution >= 4 is 11.7 Å². The molecule has 0 saturated heterocycles. The van der Waals surface area contributed by atoms with Gasteiger partial charge < -0.3 is 16.3 Å². The normalized spacial score (nSPS) is 14.2. The van der Waals surface area contributed by atoms with Gasteiger partial charge in [-0.25, -0.2) is 4.79 Å². The Labute approximate surface area is 98.3 Å². The molecule has 0 spiro atoms. The second-order valence-electron chi connectivity index (χ2n) is 3.34. The first kappa shape index (κ1) is 14.9. The highest BCUT2D eigenvalue weighted by molar-refractivity contribution is 5.98. The molecular weight excluding hydrogens is 228 g/mol. The third kappa shape index (κ3) is 5.50. The predicted octanol–water partition coefficient (Wildman–Crippen LogP) is 0.487. The van der Waals surface area contributed by atoms with E-state index in [4.69, 9.17) is 10.9 Å². The summed E-state index contributed by atoms with van der Waals surface area (Å²) >= 11 is 0. The van der Waals surface area contributed by atoms with E-state index in [1.165, 1.54) is 13.0 Å². The lowest BCUT2D eigenvalue weighted by Crippen LogP contribution is -2.33. The molecule has 1 atom stereocenters. The highest BCUT2D eigenvalue weighted by atomic mass is 16.6. The van der Waals surface area contributed by atoms with Crippen LogP contribution < -0.4 is 11.1 Å². The largest absolute Gasteiger partial charge is 0.411 e. The minimum absolute atomic E-state index is 0.0836. The zero-order chi connectivity index (χ0) is 13.4.